The molecule has 0 aromatic heterocycles. The van der Waals surface area contributed by atoms with E-state index >= 15 is 0 Å². The molecule has 3 heteroatoms. The lowest BCUT2D eigenvalue weighted by molar-refractivity contribution is -0.0113. The smallest absolute Gasteiger partial charge is 0.123 e. The van der Waals surface area contributed by atoms with Crippen LogP contribution in [0.1, 0.15) is 73.1 Å². The van der Waals surface area contributed by atoms with Gasteiger partial charge in [0.15, 0.2) is 0 Å². The quantitative estimate of drug-likeness (QED) is 0.350. The first-order chi connectivity index (χ1) is 12.3. The van der Waals surface area contributed by atoms with Crippen molar-refractivity contribution in [3.63, 3.8) is 0 Å². The van der Waals surface area contributed by atoms with E-state index in [1.165, 1.54) is 32.1 Å². The van der Waals surface area contributed by atoms with Crippen LogP contribution in [0.5, 0.6) is 0 Å². The van der Waals surface area contributed by atoms with Crippen molar-refractivity contribution in [2.75, 3.05) is 19.8 Å². The topological polar surface area (TPSA) is 18.5 Å². The monoisotopic (exact) mass is 424 g/mol. The number of rotatable bonds is 7. The molecule has 2 aliphatic rings. The predicted molar refractivity (Wildman–Crippen MR) is 113 cm³/mol. The van der Waals surface area contributed by atoms with Crippen molar-refractivity contribution in [1.82, 2.24) is 0 Å². The van der Waals surface area contributed by atoms with Crippen LogP contribution in [0.25, 0.3) is 0 Å². The second-order valence-corrected chi connectivity index (χ2v) is 9.28. The first kappa shape index (κ1) is 22.0. The Kier molecular flexibility index (Phi) is 8.26. The molecule has 0 radical (unpaired) electrons. The van der Waals surface area contributed by atoms with Gasteiger partial charge in [-0.05, 0) is 81.0 Å². The average Bonchev–Trinajstić information content (AvgIpc) is 2.95. The summed E-state index contributed by atoms with van der Waals surface area (Å²) in [5.41, 5.74) is 1.71. The van der Waals surface area contributed by atoms with E-state index in [-0.39, 0.29) is 0 Å². The molecule has 148 valence electrons. The minimum absolute atomic E-state index is 0.393. The molecule has 0 heterocycles. The minimum Gasteiger partial charge on any atom is -0.379 e. The van der Waals surface area contributed by atoms with Gasteiger partial charge in [-0.2, -0.15) is 0 Å². The summed E-state index contributed by atoms with van der Waals surface area (Å²) in [5, 5.41) is 0. The van der Waals surface area contributed by atoms with Crippen LogP contribution < -0.4 is 0 Å². The largest absolute Gasteiger partial charge is 0.379 e. The molecule has 26 heavy (non-hydrogen) atoms. The van der Waals surface area contributed by atoms with Gasteiger partial charge < -0.3 is 9.47 Å². The van der Waals surface area contributed by atoms with E-state index in [1.54, 1.807) is 5.57 Å². The van der Waals surface area contributed by atoms with Crippen molar-refractivity contribution in [1.29, 1.82) is 0 Å². The third kappa shape index (κ3) is 5.37. The lowest BCUT2D eigenvalue weighted by Crippen LogP contribution is -2.35. The third-order valence-corrected chi connectivity index (χ3v) is 7.16. The summed E-state index contributed by atoms with van der Waals surface area (Å²) in [6.07, 6.45) is 7.65. The fourth-order valence-electron chi connectivity index (χ4n) is 5.25. The van der Waals surface area contributed by atoms with Crippen molar-refractivity contribution < 1.29 is 9.47 Å². The third-order valence-electron chi connectivity index (χ3n) is 6.57. The SMILES string of the molecule is CCOCCOC(C)(C)C#CC[C@@H](C)[C@H]1CC[C@@H]2/C(=C/Br)CCC[C@@]21C. The summed E-state index contributed by atoms with van der Waals surface area (Å²) in [5.74, 6) is 8.99. The second kappa shape index (κ2) is 9.76. The van der Waals surface area contributed by atoms with Crippen LogP contribution in [0.3, 0.4) is 0 Å². The zero-order valence-corrected chi connectivity index (χ0v) is 19.0. The molecule has 0 aromatic carbocycles. The minimum atomic E-state index is -0.393. The summed E-state index contributed by atoms with van der Waals surface area (Å²) in [4.78, 5) is 2.21. The Bertz CT molecular complexity index is 542. The van der Waals surface area contributed by atoms with Gasteiger partial charge in [0.25, 0.3) is 0 Å². The molecule has 2 aliphatic carbocycles. The van der Waals surface area contributed by atoms with Crippen LogP contribution in [0.15, 0.2) is 10.6 Å². The Labute approximate surface area is 169 Å². The molecule has 0 saturated heterocycles. The van der Waals surface area contributed by atoms with Gasteiger partial charge in [0.1, 0.15) is 5.60 Å². The Morgan fingerprint density at radius 1 is 1.35 bits per heavy atom. The fraction of sp³-hybridized carbons (Fsp3) is 0.826. The summed E-state index contributed by atoms with van der Waals surface area (Å²) in [7, 11) is 0. The Hall–Kier alpha value is -0.300. The highest BCUT2D eigenvalue weighted by Gasteiger charge is 2.50. The number of halogens is 1. The van der Waals surface area contributed by atoms with E-state index < -0.39 is 5.60 Å². The summed E-state index contributed by atoms with van der Waals surface area (Å²) in [6, 6.07) is 0. The maximum atomic E-state index is 5.86. The lowest BCUT2D eigenvalue weighted by atomic mass is 9.61. The standard InChI is InChI=1S/C23H37BrO2/c1-6-25-15-16-26-22(3,4)13-7-9-18(2)20-11-12-21-19(17-24)10-8-14-23(20,21)5/h17-18,20-21H,6,8-12,14-16H2,1-5H3/b19-17+/t18-,20-,21-,23-/m1/s1. The number of fused-ring (bicyclic) bond motifs is 1. The van der Waals surface area contributed by atoms with Crippen molar-refractivity contribution in [2.45, 2.75) is 78.7 Å². The van der Waals surface area contributed by atoms with E-state index in [1.807, 2.05) is 6.92 Å². The second-order valence-electron chi connectivity index (χ2n) is 8.82. The molecule has 0 amide bonds. The number of hydrogen-bond donors (Lipinski definition) is 0. The first-order valence-electron chi connectivity index (χ1n) is 10.3. The molecule has 2 nitrogen and oxygen atoms in total. The molecule has 0 spiro atoms. The molecule has 0 aromatic rings. The summed E-state index contributed by atoms with van der Waals surface area (Å²) in [6.45, 7) is 13.0. The van der Waals surface area contributed by atoms with Gasteiger partial charge in [-0.1, -0.05) is 47.2 Å². The van der Waals surface area contributed by atoms with Crippen LogP contribution in [-0.4, -0.2) is 25.4 Å². The van der Waals surface area contributed by atoms with Gasteiger partial charge in [-0.15, -0.1) is 0 Å². The van der Waals surface area contributed by atoms with Crippen molar-refractivity contribution in [3.05, 3.63) is 10.6 Å². The van der Waals surface area contributed by atoms with Gasteiger partial charge in [-0.3, -0.25) is 0 Å². The van der Waals surface area contributed by atoms with Gasteiger partial charge in [-0.25, -0.2) is 0 Å². The zero-order chi connectivity index (χ0) is 19.2. The normalized spacial score (nSPS) is 31.4. The molecule has 2 rings (SSSR count). The molecule has 0 N–H and O–H groups in total. The van der Waals surface area contributed by atoms with Crippen LogP contribution in [0, 0.1) is 35.0 Å². The van der Waals surface area contributed by atoms with E-state index in [2.05, 4.69) is 60.5 Å². The summed E-state index contributed by atoms with van der Waals surface area (Å²) >= 11 is 3.62. The number of allylic oxidation sites excluding steroid dienone is 1. The molecule has 0 aliphatic heterocycles. The zero-order valence-electron chi connectivity index (χ0n) is 17.4. The maximum Gasteiger partial charge on any atom is 0.123 e. The highest BCUT2D eigenvalue weighted by atomic mass is 79.9. The highest BCUT2D eigenvalue weighted by Crippen LogP contribution is 2.59. The molecule has 4 atom stereocenters. The van der Waals surface area contributed by atoms with E-state index in [0.29, 0.717) is 24.5 Å². The Morgan fingerprint density at radius 3 is 2.81 bits per heavy atom. The van der Waals surface area contributed by atoms with Crippen LogP contribution in [0.2, 0.25) is 0 Å². The average molecular weight is 425 g/mol. The molecular formula is C23H37BrO2. The summed E-state index contributed by atoms with van der Waals surface area (Å²) < 4.78 is 11.2. The molecule has 0 bridgehead atoms. The maximum absolute atomic E-state index is 5.86. The van der Waals surface area contributed by atoms with Crippen molar-refractivity contribution in [2.24, 2.45) is 23.2 Å². The molecular weight excluding hydrogens is 388 g/mol. The number of hydrogen-bond acceptors (Lipinski definition) is 2. The van der Waals surface area contributed by atoms with Gasteiger partial charge in [0.2, 0.25) is 0 Å². The van der Waals surface area contributed by atoms with Gasteiger partial charge in [0.05, 0.1) is 13.2 Å². The predicted octanol–water partition coefficient (Wildman–Crippen LogP) is 6.34. The van der Waals surface area contributed by atoms with Gasteiger partial charge >= 0.3 is 0 Å². The number of ether oxygens (including phenoxy) is 2. The van der Waals surface area contributed by atoms with E-state index in [4.69, 9.17) is 9.47 Å². The van der Waals surface area contributed by atoms with Crippen LogP contribution >= 0.6 is 15.9 Å². The Balaban J connectivity index is 1.91. The van der Waals surface area contributed by atoms with Crippen molar-refractivity contribution >= 4 is 15.9 Å². The fourth-order valence-corrected chi connectivity index (χ4v) is 5.80. The van der Waals surface area contributed by atoms with Gasteiger partial charge in [0, 0.05) is 13.0 Å². The van der Waals surface area contributed by atoms with Crippen LogP contribution in [-0.2, 0) is 9.47 Å². The first-order valence-corrected chi connectivity index (χ1v) is 11.3. The van der Waals surface area contributed by atoms with E-state index in [0.717, 1.165) is 24.9 Å². The molecule has 0 unspecified atom stereocenters. The molecule has 2 saturated carbocycles. The Morgan fingerprint density at radius 2 is 2.12 bits per heavy atom. The van der Waals surface area contributed by atoms with E-state index in [9.17, 15) is 0 Å². The molecule has 2 fully saturated rings. The van der Waals surface area contributed by atoms with Crippen molar-refractivity contribution in [3.8, 4) is 11.8 Å². The highest BCUT2D eigenvalue weighted by molar-refractivity contribution is 9.11. The lowest BCUT2D eigenvalue weighted by Gasteiger charge is -2.44. The van der Waals surface area contributed by atoms with Crippen LogP contribution in [0.4, 0.5) is 0 Å².